The van der Waals surface area contributed by atoms with Crippen molar-refractivity contribution in [3.63, 3.8) is 0 Å². The van der Waals surface area contributed by atoms with Gasteiger partial charge in [0, 0.05) is 19.4 Å². The summed E-state index contributed by atoms with van der Waals surface area (Å²) in [5.41, 5.74) is 0. The minimum atomic E-state index is -0.842. The van der Waals surface area contributed by atoms with Crippen LogP contribution >= 0.6 is 0 Å². The lowest BCUT2D eigenvalue weighted by atomic mass is 10.0. The van der Waals surface area contributed by atoms with Crippen LogP contribution < -0.4 is 0 Å². The van der Waals surface area contributed by atoms with E-state index in [1.807, 2.05) is 0 Å². The number of aliphatic carboxylic acids is 1. The number of hydrogen-bond acceptors (Lipinski definition) is 6. The minimum Gasteiger partial charge on any atom is -0.481 e. The third kappa shape index (κ3) is 30.8. The Morgan fingerprint density at radius 1 is 0.486 bits per heavy atom. The Balaban J connectivity index is 3.10. The van der Waals surface area contributed by atoms with Gasteiger partial charge in [0.2, 0.25) is 0 Å². The highest BCUT2D eigenvalue weighted by atomic mass is 16.6. The Kier molecular flexibility index (Phi) is 28.1. The molecule has 0 saturated carbocycles. The zero-order valence-corrected chi connectivity index (χ0v) is 22.6. The summed E-state index contributed by atoms with van der Waals surface area (Å²) < 4.78 is 21.5. The second-order valence-electron chi connectivity index (χ2n) is 9.25. The lowest BCUT2D eigenvalue weighted by Crippen LogP contribution is -2.14. The summed E-state index contributed by atoms with van der Waals surface area (Å²) >= 11 is 0. The molecular formula is C28H54O7. The Hall–Kier alpha value is -1.18. The van der Waals surface area contributed by atoms with E-state index in [1.165, 1.54) is 83.5 Å². The number of hydrogen-bond donors (Lipinski definition) is 1. The van der Waals surface area contributed by atoms with Crippen LogP contribution in [0.1, 0.15) is 122 Å². The lowest BCUT2D eigenvalue weighted by Gasteiger charge is -2.08. The molecule has 0 amide bonds. The first kappa shape index (κ1) is 33.8. The van der Waals surface area contributed by atoms with E-state index in [4.69, 9.17) is 24.1 Å². The zero-order valence-electron chi connectivity index (χ0n) is 22.6. The molecule has 0 aliphatic heterocycles. The number of ether oxygens (including phenoxy) is 4. The summed E-state index contributed by atoms with van der Waals surface area (Å²) in [5.74, 6) is -1.16. The summed E-state index contributed by atoms with van der Waals surface area (Å²) in [6, 6.07) is 0. The molecule has 35 heavy (non-hydrogen) atoms. The van der Waals surface area contributed by atoms with Crippen LogP contribution in [0.3, 0.4) is 0 Å². The van der Waals surface area contributed by atoms with E-state index in [-0.39, 0.29) is 25.4 Å². The van der Waals surface area contributed by atoms with Gasteiger partial charge in [0.25, 0.3) is 0 Å². The van der Waals surface area contributed by atoms with Gasteiger partial charge in [0.05, 0.1) is 33.0 Å². The predicted molar refractivity (Wildman–Crippen MR) is 140 cm³/mol. The largest absolute Gasteiger partial charge is 0.481 e. The summed E-state index contributed by atoms with van der Waals surface area (Å²) in [5, 5.41) is 8.53. The van der Waals surface area contributed by atoms with Gasteiger partial charge in [-0.25, -0.2) is 0 Å². The van der Waals surface area contributed by atoms with Gasteiger partial charge in [0.15, 0.2) is 0 Å². The number of carboxylic acids is 1. The molecule has 0 atom stereocenters. The quantitative estimate of drug-likeness (QED) is 0.0898. The van der Waals surface area contributed by atoms with Crippen molar-refractivity contribution in [1.29, 1.82) is 0 Å². The molecule has 208 valence electrons. The van der Waals surface area contributed by atoms with Crippen LogP contribution in [0.15, 0.2) is 0 Å². The molecule has 0 aliphatic rings. The SMILES string of the molecule is CCCCCCCCCCCCCCCCOCCOCCOCCOC(=O)CCCCC(=O)O. The average Bonchev–Trinajstić information content (AvgIpc) is 2.84. The molecule has 0 aliphatic carbocycles. The first-order valence-electron chi connectivity index (χ1n) is 14.3. The van der Waals surface area contributed by atoms with Crippen molar-refractivity contribution in [2.24, 2.45) is 0 Å². The van der Waals surface area contributed by atoms with Crippen LogP contribution in [-0.2, 0) is 28.5 Å². The second kappa shape index (κ2) is 29.1. The normalized spacial score (nSPS) is 11.1. The van der Waals surface area contributed by atoms with Gasteiger partial charge in [-0.1, -0.05) is 90.4 Å². The number of rotatable bonds is 29. The summed E-state index contributed by atoms with van der Waals surface area (Å²) in [6.45, 7) is 5.74. The van der Waals surface area contributed by atoms with E-state index in [0.29, 0.717) is 45.9 Å². The second-order valence-corrected chi connectivity index (χ2v) is 9.25. The molecule has 0 aromatic carbocycles. The molecular weight excluding hydrogens is 448 g/mol. The fourth-order valence-corrected chi connectivity index (χ4v) is 3.77. The van der Waals surface area contributed by atoms with Gasteiger partial charge in [-0.15, -0.1) is 0 Å². The fourth-order valence-electron chi connectivity index (χ4n) is 3.77. The standard InChI is InChI=1S/C28H54O7/c1-2-3-4-5-6-7-8-9-10-11-12-13-14-17-20-32-21-22-33-23-24-34-25-26-35-28(31)19-16-15-18-27(29)30/h2-26H2,1H3,(H,29,30). The Morgan fingerprint density at radius 2 is 0.886 bits per heavy atom. The molecule has 0 unspecified atom stereocenters. The van der Waals surface area contributed by atoms with Gasteiger partial charge < -0.3 is 24.1 Å². The van der Waals surface area contributed by atoms with Crippen molar-refractivity contribution in [3.05, 3.63) is 0 Å². The number of unbranched alkanes of at least 4 members (excludes halogenated alkanes) is 14. The number of carboxylic acid groups (broad SMARTS) is 1. The number of carbonyl (C=O) groups is 2. The van der Waals surface area contributed by atoms with Gasteiger partial charge in [-0.2, -0.15) is 0 Å². The molecule has 0 aromatic heterocycles. The first-order chi connectivity index (χ1) is 17.2. The third-order valence-corrected chi connectivity index (χ3v) is 5.90. The van der Waals surface area contributed by atoms with E-state index in [0.717, 1.165) is 13.0 Å². The van der Waals surface area contributed by atoms with Gasteiger partial charge in [0.1, 0.15) is 6.61 Å². The van der Waals surface area contributed by atoms with Crippen LogP contribution in [-0.4, -0.2) is 63.3 Å². The molecule has 7 nitrogen and oxygen atoms in total. The highest BCUT2D eigenvalue weighted by Crippen LogP contribution is 2.13. The van der Waals surface area contributed by atoms with Crippen molar-refractivity contribution >= 4 is 11.9 Å². The summed E-state index contributed by atoms with van der Waals surface area (Å²) in [4.78, 5) is 21.8. The monoisotopic (exact) mass is 502 g/mol. The maximum absolute atomic E-state index is 11.4. The molecule has 1 N–H and O–H groups in total. The molecule has 7 heteroatoms. The van der Waals surface area contributed by atoms with Crippen LogP contribution in [0.2, 0.25) is 0 Å². The molecule has 0 heterocycles. The molecule has 0 spiro atoms. The van der Waals surface area contributed by atoms with Crippen LogP contribution in [0.4, 0.5) is 0 Å². The van der Waals surface area contributed by atoms with E-state index in [1.54, 1.807) is 0 Å². The van der Waals surface area contributed by atoms with Crippen molar-refractivity contribution in [3.8, 4) is 0 Å². The predicted octanol–water partition coefficient (Wildman–Crippen LogP) is 6.71. The summed E-state index contributed by atoms with van der Waals surface area (Å²) in [6.07, 6.45) is 20.4. The molecule has 0 fully saturated rings. The molecule has 0 aromatic rings. The summed E-state index contributed by atoms with van der Waals surface area (Å²) in [7, 11) is 0. The van der Waals surface area contributed by atoms with Crippen LogP contribution in [0.5, 0.6) is 0 Å². The Labute approximate surface area is 214 Å². The number of esters is 1. The first-order valence-corrected chi connectivity index (χ1v) is 14.3. The van der Waals surface area contributed by atoms with E-state index in [9.17, 15) is 9.59 Å². The lowest BCUT2D eigenvalue weighted by molar-refractivity contribution is -0.146. The minimum absolute atomic E-state index is 0.0842. The van der Waals surface area contributed by atoms with Crippen molar-refractivity contribution < 1.29 is 33.6 Å². The van der Waals surface area contributed by atoms with Gasteiger partial charge in [-0.05, 0) is 19.3 Å². The topological polar surface area (TPSA) is 91.3 Å². The molecule has 0 bridgehead atoms. The Morgan fingerprint density at radius 3 is 1.37 bits per heavy atom. The van der Waals surface area contributed by atoms with Crippen LogP contribution in [0.25, 0.3) is 0 Å². The molecule has 0 saturated heterocycles. The van der Waals surface area contributed by atoms with E-state index in [2.05, 4.69) is 6.92 Å². The van der Waals surface area contributed by atoms with Gasteiger partial charge in [-0.3, -0.25) is 9.59 Å². The molecule has 0 radical (unpaired) electrons. The van der Waals surface area contributed by atoms with E-state index < -0.39 is 5.97 Å². The van der Waals surface area contributed by atoms with Crippen molar-refractivity contribution in [2.45, 2.75) is 122 Å². The highest BCUT2D eigenvalue weighted by Gasteiger charge is 2.04. The van der Waals surface area contributed by atoms with Crippen molar-refractivity contribution in [2.75, 3.05) is 46.2 Å². The molecule has 0 rings (SSSR count). The fraction of sp³-hybridized carbons (Fsp3) is 0.929. The maximum Gasteiger partial charge on any atom is 0.305 e. The maximum atomic E-state index is 11.4. The zero-order chi connectivity index (χ0) is 25.7. The third-order valence-electron chi connectivity index (χ3n) is 5.90. The van der Waals surface area contributed by atoms with E-state index >= 15 is 0 Å². The number of carbonyl (C=O) groups excluding carboxylic acids is 1. The smallest absolute Gasteiger partial charge is 0.305 e. The average molecular weight is 503 g/mol. The van der Waals surface area contributed by atoms with Crippen LogP contribution in [0, 0.1) is 0 Å². The van der Waals surface area contributed by atoms with Crippen molar-refractivity contribution in [1.82, 2.24) is 0 Å². The highest BCUT2D eigenvalue weighted by molar-refractivity contribution is 5.69. The Bertz CT molecular complexity index is 457. The van der Waals surface area contributed by atoms with Gasteiger partial charge >= 0.3 is 11.9 Å².